The predicted octanol–water partition coefficient (Wildman–Crippen LogP) is 2.18. The molecule has 0 aromatic carbocycles. The molecule has 6 N–H and O–H groups in total. The van der Waals surface area contributed by atoms with E-state index in [-0.39, 0.29) is 11.9 Å². The Bertz CT molecular complexity index is 2480. The molecule has 8 heterocycles. The summed E-state index contributed by atoms with van der Waals surface area (Å²) < 4.78 is 14.7. The van der Waals surface area contributed by atoms with Crippen LogP contribution in [0.3, 0.4) is 0 Å². The number of aromatic amines is 2. The maximum atomic E-state index is 11.7. The number of nitrogens with two attached hydrogens (primary N) is 2. The van der Waals surface area contributed by atoms with Gasteiger partial charge in [0.05, 0.1) is 42.7 Å². The molecular formula is C34H38N16O3. The van der Waals surface area contributed by atoms with E-state index in [4.69, 9.17) is 20.9 Å². The molecule has 0 bridgehead atoms. The fraction of sp³-hybridized carbons (Fsp3) is 0.235. The number of methoxy groups -OCH3 is 2. The number of anilines is 2. The molecule has 19 nitrogen and oxygen atoms in total. The quantitative estimate of drug-likeness (QED) is 0.167. The first-order valence-electron chi connectivity index (χ1n) is 16.3. The Hall–Kier alpha value is -6.86. The molecular weight excluding hydrogens is 680 g/mol. The van der Waals surface area contributed by atoms with Crippen LogP contribution in [0.15, 0.2) is 78.1 Å². The monoisotopic (exact) mass is 718 g/mol. The maximum absolute atomic E-state index is 11.7. The summed E-state index contributed by atoms with van der Waals surface area (Å²) in [6.07, 6.45) is 7.99. The third-order valence-corrected chi connectivity index (χ3v) is 7.54. The molecule has 0 atom stereocenters. The summed E-state index contributed by atoms with van der Waals surface area (Å²) in [7, 11) is 3.27. The Kier molecular flexibility index (Phi) is 11.2. The van der Waals surface area contributed by atoms with Crippen LogP contribution in [0.5, 0.6) is 0 Å². The summed E-state index contributed by atoms with van der Waals surface area (Å²) in [5, 5.41) is 19.3. The van der Waals surface area contributed by atoms with Crippen LogP contribution in [0.2, 0.25) is 0 Å². The van der Waals surface area contributed by atoms with Gasteiger partial charge in [0.2, 0.25) is 11.9 Å². The second kappa shape index (κ2) is 16.4. The standard InChI is InChI=1S/C17H18N8O.C13H14N6O2.C4H6N2/c1-11-6-7-24(23-11)17-22-16(18)21-15-12(9-19-25(15)17)8-13-4-3-5-14(20-13)10-26-2;1-21-7-10-4-2-3-9(16-10)5-8-6-15-19-11(8)17-12(14)18-13(19)20;1-4-2-3-5-6-4/h3-7,9H,8,10H2,1-2H3,(H2,18,21);2-4,6H,5,7H2,1H3,(H3,14,17,18,20);2-3H,1H3,(H,5,6). The van der Waals surface area contributed by atoms with Crippen LogP contribution < -0.4 is 17.2 Å². The third kappa shape index (κ3) is 8.90. The molecule has 0 aliphatic rings. The number of aromatic nitrogens is 14. The zero-order chi connectivity index (χ0) is 37.3. The number of aryl methyl sites for hydroxylation is 2. The van der Waals surface area contributed by atoms with Gasteiger partial charge in [0.25, 0.3) is 5.95 Å². The number of ether oxygens (including phenoxy) is 2. The lowest BCUT2D eigenvalue weighted by atomic mass is 10.1. The first-order chi connectivity index (χ1) is 25.7. The lowest BCUT2D eigenvalue weighted by Gasteiger charge is -2.06. The average Bonchev–Trinajstić information content (AvgIpc) is 3.96. The Morgan fingerprint density at radius 2 is 1.34 bits per heavy atom. The van der Waals surface area contributed by atoms with Crippen LogP contribution in [0.4, 0.5) is 11.9 Å². The number of rotatable bonds is 9. The fourth-order valence-corrected chi connectivity index (χ4v) is 5.22. The highest BCUT2D eigenvalue weighted by molar-refractivity contribution is 5.52. The minimum atomic E-state index is -0.412. The van der Waals surface area contributed by atoms with Gasteiger partial charge in [-0.2, -0.15) is 44.4 Å². The first-order valence-corrected chi connectivity index (χ1v) is 16.3. The second-order valence-electron chi connectivity index (χ2n) is 11.7. The first kappa shape index (κ1) is 35.9. The summed E-state index contributed by atoms with van der Waals surface area (Å²) in [6.45, 7) is 4.80. The van der Waals surface area contributed by atoms with Gasteiger partial charge in [-0.25, -0.2) is 9.48 Å². The van der Waals surface area contributed by atoms with Crippen LogP contribution in [-0.2, 0) is 35.5 Å². The molecule has 272 valence electrons. The summed E-state index contributed by atoms with van der Waals surface area (Å²) >= 11 is 0. The van der Waals surface area contributed by atoms with Gasteiger partial charge in [0.15, 0.2) is 11.3 Å². The van der Waals surface area contributed by atoms with Crippen molar-refractivity contribution in [3.63, 3.8) is 0 Å². The molecule has 8 aromatic rings. The van der Waals surface area contributed by atoms with E-state index in [1.54, 1.807) is 42.0 Å². The lowest BCUT2D eigenvalue weighted by molar-refractivity contribution is 0.181. The molecule has 0 aliphatic carbocycles. The van der Waals surface area contributed by atoms with Crippen molar-refractivity contribution in [1.82, 2.24) is 69.1 Å². The summed E-state index contributed by atoms with van der Waals surface area (Å²) in [5.74, 6) is 0.729. The van der Waals surface area contributed by atoms with Crippen LogP contribution in [-0.4, -0.2) is 83.3 Å². The molecule has 0 aliphatic heterocycles. The van der Waals surface area contributed by atoms with Crippen molar-refractivity contribution < 1.29 is 9.47 Å². The predicted molar refractivity (Wildman–Crippen MR) is 194 cm³/mol. The van der Waals surface area contributed by atoms with Crippen molar-refractivity contribution in [2.75, 3.05) is 25.7 Å². The van der Waals surface area contributed by atoms with Crippen molar-refractivity contribution in [3.8, 4) is 5.95 Å². The number of nitrogens with zero attached hydrogens (tertiary/aromatic N) is 12. The Balaban J connectivity index is 0.000000159. The van der Waals surface area contributed by atoms with Gasteiger partial charge < -0.3 is 20.9 Å². The number of nitrogen functional groups attached to an aromatic ring is 2. The van der Waals surface area contributed by atoms with E-state index in [0.29, 0.717) is 43.3 Å². The van der Waals surface area contributed by atoms with E-state index in [1.165, 1.54) is 4.52 Å². The highest BCUT2D eigenvalue weighted by Crippen LogP contribution is 2.17. The molecule has 0 fully saturated rings. The Morgan fingerprint density at radius 1 is 0.736 bits per heavy atom. The molecule has 0 amide bonds. The second-order valence-corrected chi connectivity index (χ2v) is 11.7. The number of nitrogens with one attached hydrogen (secondary N) is 2. The maximum Gasteiger partial charge on any atom is 0.350 e. The van der Waals surface area contributed by atoms with Crippen molar-refractivity contribution in [1.29, 1.82) is 0 Å². The fourth-order valence-electron chi connectivity index (χ4n) is 5.22. The summed E-state index contributed by atoms with van der Waals surface area (Å²) in [5.41, 5.74) is 19.3. The van der Waals surface area contributed by atoms with Crippen molar-refractivity contribution in [3.05, 3.63) is 129 Å². The van der Waals surface area contributed by atoms with E-state index in [2.05, 4.69) is 55.4 Å². The van der Waals surface area contributed by atoms with Gasteiger partial charge in [-0.15, -0.1) is 0 Å². The van der Waals surface area contributed by atoms with E-state index >= 15 is 0 Å². The highest BCUT2D eigenvalue weighted by atomic mass is 16.5. The smallest absolute Gasteiger partial charge is 0.350 e. The van der Waals surface area contributed by atoms with Gasteiger partial charge in [-0.05, 0) is 50.2 Å². The summed E-state index contributed by atoms with van der Waals surface area (Å²) in [4.78, 5) is 35.9. The van der Waals surface area contributed by atoms with Crippen molar-refractivity contribution in [2.24, 2.45) is 0 Å². The number of H-pyrrole nitrogens is 2. The molecule has 8 aromatic heterocycles. The average molecular weight is 719 g/mol. The van der Waals surface area contributed by atoms with E-state index < -0.39 is 5.69 Å². The van der Waals surface area contributed by atoms with Crippen LogP contribution in [0.25, 0.3) is 17.2 Å². The topological polar surface area (TPSA) is 249 Å². The Labute approximate surface area is 302 Å². The zero-order valence-electron chi connectivity index (χ0n) is 29.5. The van der Waals surface area contributed by atoms with Gasteiger partial charge in [-0.1, -0.05) is 12.1 Å². The van der Waals surface area contributed by atoms with E-state index in [0.717, 1.165) is 45.3 Å². The van der Waals surface area contributed by atoms with Gasteiger partial charge >= 0.3 is 5.69 Å². The molecule has 0 saturated carbocycles. The van der Waals surface area contributed by atoms with E-state index in [9.17, 15) is 4.79 Å². The third-order valence-electron chi connectivity index (χ3n) is 7.54. The minimum absolute atomic E-state index is 0.0651. The van der Waals surface area contributed by atoms with Crippen LogP contribution >= 0.6 is 0 Å². The molecule has 0 unspecified atom stereocenters. The zero-order valence-corrected chi connectivity index (χ0v) is 29.5. The number of pyridine rings is 2. The summed E-state index contributed by atoms with van der Waals surface area (Å²) in [6, 6.07) is 15.4. The molecule has 53 heavy (non-hydrogen) atoms. The molecule has 8 rings (SSSR count). The van der Waals surface area contributed by atoms with Gasteiger partial charge in [-0.3, -0.25) is 20.1 Å². The van der Waals surface area contributed by atoms with Crippen molar-refractivity contribution >= 4 is 23.2 Å². The number of hydrogen-bond acceptors (Lipinski definition) is 14. The minimum Gasteiger partial charge on any atom is -0.378 e. The van der Waals surface area contributed by atoms with Crippen LogP contribution in [0.1, 0.15) is 45.3 Å². The van der Waals surface area contributed by atoms with Crippen LogP contribution in [0, 0.1) is 13.8 Å². The lowest BCUT2D eigenvalue weighted by Crippen LogP contribution is -2.20. The molecule has 0 spiro atoms. The SMILES string of the molecule is COCc1cccc(Cc2cnn3c(-n4ccc(C)n4)nc(N)nc23)n1.COCc1cccc(Cc2cnn3c(=O)[nH]c(N)nc23)n1.Cc1ccn[nH]1. The van der Waals surface area contributed by atoms with Gasteiger partial charge in [0, 0.05) is 67.7 Å². The Morgan fingerprint density at radius 3 is 1.87 bits per heavy atom. The molecule has 19 heteroatoms. The normalized spacial score (nSPS) is 10.9. The largest absolute Gasteiger partial charge is 0.378 e. The van der Waals surface area contributed by atoms with Gasteiger partial charge in [0.1, 0.15) is 0 Å². The number of fused-ring (bicyclic) bond motifs is 2. The van der Waals surface area contributed by atoms with E-state index in [1.807, 2.05) is 68.6 Å². The van der Waals surface area contributed by atoms with Crippen molar-refractivity contribution in [2.45, 2.75) is 39.9 Å². The highest BCUT2D eigenvalue weighted by Gasteiger charge is 2.15. The molecule has 0 radical (unpaired) electrons. The molecule has 0 saturated heterocycles. The number of hydrogen-bond donors (Lipinski definition) is 4.